The summed E-state index contributed by atoms with van der Waals surface area (Å²) in [6.45, 7) is 8.28. The Bertz CT molecular complexity index is 142. The summed E-state index contributed by atoms with van der Waals surface area (Å²) in [6.07, 6.45) is 3.58. The zero-order valence-electron chi connectivity index (χ0n) is 8.47. The van der Waals surface area contributed by atoms with E-state index in [2.05, 4.69) is 36.9 Å². The smallest absolute Gasteiger partial charge is 0.108 e. The van der Waals surface area contributed by atoms with Gasteiger partial charge in [-0.3, -0.25) is 0 Å². The van der Waals surface area contributed by atoms with Gasteiger partial charge in [-0.05, 0) is 11.8 Å². The Balaban J connectivity index is 4.51. The normalized spacial score (nSPS) is 13.7. The van der Waals surface area contributed by atoms with E-state index in [1.165, 1.54) is 0 Å². The molecule has 72 valence electrons. The summed E-state index contributed by atoms with van der Waals surface area (Å²) in [7, 11) is 2.84. The molecular weight excluding hydrogens is 170 g/mol. The van der Waals surface area contributed by atoms with Crippen LogP contribution in [0.25, 0.3) is 0 Å². The SMILES string of the molecule is CC(C)C(P)(C=CCF)C(C)C. The van der Waals surface area contributed by atoms with Crippen molar-refractivity contribution in [2.75, 3.05) is 6.67 Å². The molecule has 1 atom stereocenters. The van der Waals surface area contributed by atoms with Crippen LogP contribution in [0.5, 0.6) is 0 Å². The largest absolute Gasteiger partial charge is 0.247 e. The predicted octanol–water partition coefficient (Wildman–Crippen LogP) is 3.44. The van der Waals surface area contributed by atoms with E-state index in [0.29, 0.717) is 11.8 Å². The Labute approximate surface area is 77.8 Å². The minimum Gasteiger partial charge on any atom is -0.247 e. The lowest BCUT2D eigenvalue weighted by molar-refractivity contribution is 0.396. The highest BCUT2D eigenvalue weighted by Crippen LogP contribution is 2.36. The fraction of sp³-hybridized carbons (Fsp3) is 0.800. The summed E-state index contributed by atoms with van der Waals surface area (Å²) in [5.74, 6) is 1.04. The van der Waals surface area contributed by atoms with Crippen molar-refractivity contribution in [1.29, 1.82) is 0 Å². The number of hydrogen-bond acceptors (Lipinski definition) is 0. The van der Waals surface area contributed by atoms with Gasteiger partial charge in [0.05, 0.1) is 0 Å². The minimum atomic E-state index is -0.365. The number of rotatable bonds is 4. The van der Waals surface area contributed by atoms with Crippen LogP contribution in [0.3, 0.4) is 0 Å². The molecule has 0 aliphatic heterocycles. The number of allylic oxidation sites excluding steroid dienone is 2. The summed E-state index contributed by atoms with van der Waals surface area (Å²) in [6, 6.07) is 0. The van der Waals surface area contributed by atoms with Gasteiger partial charge < -0.3 is 0 Å². The third-order valence-corrected chi connectivity index (χ3v) is 4.02. The fourth-order valence-electron chi connectivity index (χ4n) is 1.30. The van der Waals surface area contributed by atoms with E-state index in [4.69, 9.17) is 0 Å². The topological polar surface area (TPSA) is 0 Å². The molecule has 12 heavy (non-hydrogen) atoms. The molecule has 1 unspecified atom stereocenters. The van der Waals surface area contributed by atoms with Gasteiger partial charge in [-0.2, -0.15) is 0 Å². The molecule has 0 aromatic rings. The summed E-state index contributed by atoms with van der Waals surface area (Å²) in [4.78, 5) is 0. The van der Waals surface area contributed by atoms with Crippen LogP contribution in [0.4, 0.5) is 4.39 Å². The van der Waals surface area contributed by atoms with Gasteiger partial charge in [0, 0.05) is 5.16 Å². The quantitative estimate of drug-likeness (QED) is 0.470. The van der Waals surface area contributed by atoms with Gasteiger partial charge in [0.2, 0.25) is 0 Å². The summed E-state index contributed by atoms with van der Waals surface area (Å²) in [5.41, 5.74) is 0. The van der Waals surface area contributed by atoms with Crippen molar-refractivity contribution in [3.05, 3.63) is 12.2 Å². The van der Waals surface area contributed by atoms with Crippen LogP contribution in [-0.4, -0.2) is 11.8 Å². The molecule has 2 heteroatoms. The molecule has 0 nitrogen and oxygen atoms in total. The summed E-state index contributed by atoms with van der Waals surface area (Å²) >= 11 is 0. The van der Waals surface area contributed by atoms with Crippen LogP contribution in [0.1, 0.15) is 27.7 Å². The van der Waals surface area contributed by atoms with Crippen molar-refractivity contribution in [3.63, 3.8) is 0 Å². The second-order valence-electron chi connectivity index (χ2n) is 3.87. The van der Waals surface area contributed by atoms with E-state index in [9.17, 15) is 4.39 Å². The second kappa shape index (κ2) is 4.97. The minimum absolute atomic E-state index is 0.0477. The maximum atomic E-state index is 12.0. The first-order valence-corrected chi connectivity index (χ1v) is 5.05. The third-order valence-electron chi connectivity index (χ3n) is 2.50. The average Bonchev–Trinajstić information content (AvgIpc) is 1.99. The maximum absolute atomic E-state index is 12.0. The van der Waals surface area contributed by atoms with Gasteiger partial charge in [0.25, 0.3) is 0 Å². The number of alkyl halides is 1. The molecule has 0 saturated heterocycles. The summed E-state index contributed by atoms with van der Waals surface area (Å²) < 4.78 is 12.0. The van der Waals surface area contributed by atoms with Crippen molar-refractivity contribution >= 4 is 9.24 Å². The summed E-state index contributed by atoms with van der Waals surface area (Å²) in [5, 5.41) is 0.0477. The Morgan fingerprint density at radius 2 is 1.67 bits per heavy atom. The van der Waals surface area contributed by atoms with Gasteiger partial charge in [0.15, 0.2) is 0 Å². The Kier molecular flexibility index (Phi) is 5.01. The maximum Gasteiger partial charge on any atom is 0.108 e. The Hall–Kier alpha value is 0.100. The van der Waals surface area contributed by atoms with Gasteiger partial charge in [-0.25, -0.2) is 4.39 Å². The molecule has 0 amide bonds. The fourth-order valence-corrected chi connectivity index (χ4v) is 1.44. The first-order valence-electron chi connectivity index (χ1n) is 4.47. The highest BCUT2D eigenvalue weighted by atomic mass is 31.0. The van der Waals surface area contributed by atoms with Crippen molar-refractivity contribution in [1.82, 2.24) is 0 Å². The molecule has 0 aromatic carbocycles. The first kappa shape index (κ1) is 12.1. The van der Waals surface area contributed by atoms with E-state index in [1.807, 2.05) is 6.08 Å². The van der Waals surface area contributed by atoms with E-state index >= 15 is 0 Å². The first-order chi connectivity index (χ1) is 5.45. The van der Waals surface area contributed by atoms with Crippen molar-refractivity contribution < 1.29 is 4.39 Å². The lowest BCUT2D eigenvalue weighted by Gasteiger charge is -2.34. The van der Waals surface area contributed by atoms with Crippen LogP contribution in [-0.2, 0) is 0 Å². The number of halogens is 1. The average molecular weight is 190 g/mol. The highest BCUT2D eigenvalue weighted by molar-refractivity contribution is 7.19. The van der Waals surface area contributed by atoms with Crippen LogP contribution < -0.4 is 0 Å². The molecule has 0 radical (unpaired) electrons. The second-order valence-corrected chi connectivity index (χ2v) is 4.87. The van der Waals surface area contributed by atoms with E-state index < -0.39 is 0 Å². The lowest BCUT2D eigenvalue weighted by Crippen LogP contribution is -2.31. The molecular formula is C10H20FP. The van der Waals surface area contributed by atoms with Crippen LogP contribution in [0.15, 0.2) is 12.2 Å². The molecule has 0 N–H and O–H groups in total. The molecule has 0 aliphatic carbocycles. The predicted molar refractivity (Wildman–Crippen MR) is 57.2 cm³/mol. The van der Waals surface area contributed by atoms with Gasteiger partial charge >= 0.3 is 0 Å². The van der Waals surface area contributed by atoms with Crippen LogP contribution in [0.2, 0.25) is 0 Å². The molecule has 0 heterocycles. The van der Waals surface area contributed by atoms with Crippen molar-refractivity contribution in [2.45, 2.75) is 32.9 Å². The third kappa shape index (κ3) is 2.86. The molecule has 0 bridgehead atoms. The van der Waals surface area contributed by atoms with E-state index in [1.54, 1.807) is 6.08 Å². The molecule has 0 rings (SSSR count). The van der Waals surface area contributed by atoms with Gasteiger partial charge in [-0.15, -0.1) is 9.24 Å². The van der Waals surface area contributed by atoms with Gasteiger partial charge in [-0.1, -0.05) is 39.8 Å². The molecule has 0 saturated carbocycles. The molecule has 0 fully saturated rings. The zero-order valence-corrected chi connectivity index (χ0v) is 9.63. The lowest BCUT2D eigenvalue weighted by atomic mass is 9.84. The van der Waals surface area contributed by atoms with E-state index in [-0.39, 0.29) is 11.8 Å². The molecule has 0 spiro atoms. The zero-order chi connectivity index (χ0) is 9.78. The monoisotopic (exact) mass is 190 g/mol. The van der Waals surface area contributed by atoms with Crippen LogP contribution in [0, 0.1) is 11.8 Å². The Morgan fingerprint density at radius 1 is 1.25 bits per heavy atom. The molecule has 0 aromatic heterocycles. The number of hydrogen-bond donors (Lipinski definition) is 0. The van der Waals surface area contributed by atoms with Crippen molar-refractivity contribution in [3.8, 4) is 0 Å². The van der Waals surface area contributed by atoms with Crippen molar-refractivity contribution in [2.24, 2.45) is 11.8 Å². The van der Waals surface area contributed by atoms with Crippen LogP contribution >= 0.6 is 9.24 Å². The molecule has 0 aliphatic rings. The standard InChI is InChI=1S/C10H20FP/c1-8(2)10(12,9(3)4)6-5-7-11/h5-6,8-9H,7,12H2,1-4H3. The van der Waals surface area contributed by atoms with Gasteiger partial charge in [0.1, 0.15) is 6.67 Å². The highest BCUT2D eigenvalue weighted by Gasteiger charge is 2.28. The Morgan fingerprint density at radius 3 is 1.92 bits per heavy atom. The van der Waals surface area contributed by atoms with E-state index in [0.717, 1.165) is 0 Å².